The molecule has 0 radical (unpaired) electrons. The van der Waals surface area contributed by atoms with E-state index in [0.717, 1.165) is 18.4 Å². The molecular weight excluding hydrogens is 340 g/mol. The van der Waals surface area contributed by atoms with Crippen molar-refractivity contribution < 1.29 is 14.3 Å². The number of amides is 1. The van der Waals surface area contributed by atoms with Crippen molar-refractivity contribution in [3.05, 3.63) is 23.8 Å². The van der Waals surface area contributed by atoms with Crippen molar-refractivity contribution in [1.29, 1.82) is 0 Å². The number of ether oxygens (including phenoxy) is 2. The third-order valence-electron chi connectivity index (χ3n) is 5.17. The third kappa shape index (κ3) is 5.51. The predicted octanol–water partition coefficient (Wildman–Crippen LogP) is 3.60. The Morgan fingerprint density at radius 3 is 2.40 bits per heavy atom. The minimum atomic E-state index is -0.0873. The van der Waals surface area contributed by atoms with Crippen LogP contribution >= 0.6 is 12.4 Å². The van der Waals surface area contributed by atoms with Crippen molar-refractivity contribution in [1.82, 2.24) is 5.32 Å². The van der Waals surface area contributed by atoms with E-state index in [0.29, 0.717) is 24.5 Å². The molecule has 3 N–H and O–H groups in total. The number of benzene rings is 1. The molecule has 0 aliphatic heterocycles. The maximum Gasteiger partial charge on any atom is 0.221 e. The SMILES string of the molecule is COc1ccc(C(C)NC(=O)CC2(CN)CCCCC2)cc1OC.Cl. The van der Waals surface area contributed by atoms with Crippen molar-refractivity contribution >= 4 is 18.3 Å². The van der Waals surface area contributed by atoms with Crippen LogP contribution in [0.4, 0.5) is 0 Å². The first-order chi connectivity index (χ1) is 11.5. The summed E-state index contributed by atoms with van der Waals surface area (Å²) < 4.78 is 10.6. The van der Waals surface area contributed by atoms with E-state index >= 15 is 0 Å². The van der Waals surface area contributed by atoms with Crippen LogP contribution in [0, 0.1) is 5.41 Å². The van der Waals surface area contributed by atoms with Gasteiger partial charge in [0, 0.05) is 6.42 Å². The summed E-state index contributed by atoms with van der Waals surface area (Å²) >= 11 is 0. The molecule has 0 saturated heterocycles. The van der Waals surface area contributed by atoms with Crippen molar-refractivity contribution in [3.8, 4) is 11.5 Å². The smallest absolute Gasteiger partial charge is 0.221 e. The summed E-state index contributed by atoms with van der Waals surface area (Å²) in [5, 5.41) is 3.10. The van der Waals surface area contributed by atoms with E-state index < -0.39 is 0 Å². The molecule has 1 fully saturated rings. The number of nitrogens with one attached hydrogen (secondary N) is 1. The van der Waals surface area contributed by atoms with Gasteiger partial charge >= 0.3 is 0 Å². The van der Waals surface area contributed by atoms with E-state index in [1.807, 2.05) is 25.1 Å². The average molecular weight is 371 g/mol. The number of methoxy groups -OCH3 is 2. The van der Waals surface area contributed by atoms with Crippen molar-refractivity contribution in [2.75, 3.05) is 20.8 Å². The van der Waals surface area contributed by atoms with Gasteiger partial charge in [0.25, 0.3) is 0 Å². The quantitative estimate of drug-likeness (QED) is 0.769. The second-order valence-corrected chi connectivity index (χ2v) is 6.85. The molecule has 142 valence electrons. The highest BCUT2D eigenvalue weighted by molar-refractivity contribution is 5.85. The molecule has 0 aromatic heterocycles. The highest BCUT2D eigenvalue weighted by atomic mass is 35.5. The molecule has 0 bridgehead atoms. The molecule has 1 saturated carbocycles. The lowest BCUT2D eigenvalue weighted by atomic mass is 9.71. The van der Waals surface area contributed by atoms with E-state index in [2.05, 4.69) is 5.32 Å². The van der Waals surface area contributed by atoms with Crippen LogP contribution in [0.2, 0.25) is 0 Å². The van der Waals surface area contributed by atoms with Crippen molar-refractivity contribution in [3.63, 3.8) is 0 Å². The van der Waals surface area contributed by atoms with Crippen LogP contribution < -0.4 is 20.5 Å². The number of carbonyl (C=O) groups excluding carboxylic acids is 1. The maximum absolute atomic E-state index is 12.5. The molecule has 0 spiro atoms. The van der Waals surface area contributed by atoms with E-state index in [9.17, 15) is 4.79 Å². The summed E-state index contributed by atoms with van der Waals surface area (Å²) in [6.45, 7) is 2.57. The van der Waals surface area contributed by atoms with Crippen molar-refractivity contribution in [2.45, 2.75) is 51.5 Å². The molecule has 1 aromatic carbocycles. The Hall–Kier alpha value is -1.46. The molecule has 1 atom stereocenters. The first-order valence-corrected chi connectivity index (χ1v) is 8.75. The molecule has 0 heterocycles. The predicted molar refractivity (Wildman–Crippen MR) is 103 cm³/mol. The summed E-state index contributed by atoms with van der Waals surface area (Å²) in [5.41, 5.74) is 6.97. The fourth-order valence-electron chi connectivity index (χ4n) is 3.59. The number of nitrogens with two attached hydrogens (primary N) is 1. The summed E-state index contributed by atoms with van der Waals surface area (Å²) in [4.78, 5) is 12.5. The van der Waals surface area contributed by atoms with Gasteiger partial charge in [-0.25, -0.2) is 0 Å². The number of halogens is 1. The number of hydrogen-bond acceptors (Lipinski definition) is 4. The Labute approximate surface area is 157 Å². The van der Waals surface area contributed by atoms with Gasteiger partial charge in [-0.3, -0.25) is 4.79 Å². The maximum atomic E-state index is 12.5. The topological polar surface area (TPSA) is 73.6 Å². The molecule has 6 heteroatoms. The molecule has 1 aliphatic rings. The Morgan fingerprint density at radius 1 is 1.20 bits per heavy atom. The summed E-state index contributed by atoms with van der Waals surface area (Å²) in [5.74, 6) is 1.43. The van der Waals surface area contributed by atoms with E-state index in [4.69, 9.17) is 15.2 Å². The Kier molecular flexibility index (Phi) is 8.53. The van der Waals surface area contributed by atoms with Crippen LogP contribution in [-0.4, -0.2) is 26.7 Å². The lowest BCUT2D eigenvalue weighted by Crippen LogP contribution is -2.39. The van der Waals surface area contributed by atoms with Crippen LogP contribution in [0.15, 0.2) is 18.2 Å². The van der Waals surface area contributed by atoms with Gasteiger partial charge in [0.15, 0.2) is 11.5 Å². The van der Waals surface area contributed by atoms with Gasteiger partial charge in [0.2, 0.25) is 5.91 Å². The standard InChI is InChI=1S/C19H30N2O3.ClH/c1-14(15-7-8-16(23-2)17(11-15)24-3)21-18(22)12-19(13-20)9-5-4-6-10-19;/h7-8,11,14H,4-6,9-10,12-13,20H2,1-3H3,(H,21,22);1H. The van der Waals surface area contributed by atoms with Gasteiger partial charge in [0.05, 0.1) is 20.3 Å². The van der Waals surface area contributed by atoms with Gasteiger partial charge in [0.1, 0.15) is 0 Å². The molecule has 1 aromatic rings. The van der Waals surface area contributed by atoms with Crippen LogP contribution in [0.5, 0.6) is 11.5 Å². The highest BCUT2D eigenvalue weighted by Gasteiger charge is 2.33. The summed E-state index contributed by atoms with van der Waals surface area (Å²) in [7, 11) is 3.22. The molecule has 1 unspecified atom stereocenters. The molecule has 1 aliphatic carbocycles. The summed E-state index contributed by atoms with van der Waals surface area (Å²) in [6, 6.07) is 5.63. The largest absolute Gasteiger partial charge is 0.493 e. The monoisotopic (exact) mass is 370 g/mol. The van der Waals surface area contributed by atoms with E-state index in [1.54, 1.807) is 14.2 Å². The lowest BCUT2D eigenvalue weighted by molar-refractivity contribution is -0.124. The van der Waals surface area contributed by atoms with Crippen LogP contribution in [0.25, 0.3) is 0 Å². The van der Waals surface area contributed by atoms with Gasteiger partial charge < -0.3 is 20.5 Å². The zero-order chi connectivity index (χ0) is 17.6. The lowest BCUT2D eigenvalue weighted by Gasteiger charge is -2.36. The van der Waals surface area contributed by atoms with Gasteiger partial charge in [-0.1, -0.05) is 25.3 Å². The van der Waals surface area contributed by atoms with Crippen LogP contribution in [0.1, 0.15) is 57.1 Å². The molecule has 1 amide bonds. The number of carbonyl (C=O) groups is 1. The second kappa shape index (κ2) is 9.88. The van der Waals surface area contributed by atoms with Gasteiger partial charge in [-0.15, -0.1) is 12.4 Å². The van der Waals surface area contributed by atoms with E-state index in [1.165, 1.54) is 19.3 Å². The van der Waals surface area contributed by atoms with Gasteiger partial charge in [-0.2, -0.15) is 0 Å². The number of rotatable bonds is 7. The molecule has 25 heavy (non-hydrogen) atoms. The fourth-order valence-corrected chi connectivity index (χ4v) is 3.59. The summed E-state index contributed by atoms with van der Waals surface area (Å²) in [6.07, 6.45) is 6.24. The number of hydrogen-bond donors (Lipinski definition) is 2. The first kappa shape index (κ1) is 21.6. The first-order valence-electron chi connectivity index (χ1n) is 8.75. The van der Waals surface area contributed by atoms with Gasteiger partial charge in [-0.05, 0) is 49.4 Å². The highest BCUT2D eigenvalue weighted by Crippen LogP contribution is 2.38. The zero-order valence-corrected chi connectivity index (χ0v) is 16.3. The Bertz CT molecular complexity index is 560. The molecular formula is C19H31ClN2O3. The minimum Gasteiger partial charge on any atom is -0.493 e. The fraction of sp³-hybridized carbons (Fsp3) is 0.632. The Balaban J connectivity index is 0.00000312. The minimum absolute atomic E-state index is 0. The third-order valence-corrected chi connectivity index (χ3v) is 5.17. The van der Waals surface area contributed by atoms with E-state index in [-0.39, 0.29) is 29.8 Å². The normalized spacial score (nSPS) is 17.1. The zero-order valence-electron chi connectivity index (χ0n) is 15.5. The second-order valence-electron chi connectivity index (χ2n) is 6.85. The average Bonchev–Trinajstić information content (AvgIpc) is 2.61. The van der Waals surface area contributed by atoms with Crippen LogP contribution in [-0.2, 0) is 4.79 Å². The van der Waals surface area contributed by atoms with Crippen LogP contribution in [0.3, 0.4) is 0 Å². The molecule has 2 rings (SSSR count). The molecule has 5 nitrogen and oxygen atoms in total. The Morgan fingerprint density at radius 2 is 1.84 bits per heavy atom. The van der Waals surface area contributed by atoms with Crippen molar-refractivity contribution in [2.24, 2.45) is 11.1 Å².